The average Bonchev–Trinajstić information content (AvgIpc) is 3.14. The van der Waals surface area contributed by atoms with Gasteiger partial charge in [0.05, 0.1) is 17.5 Å². The Bertz CT molecular complexity index is 775. The van der Waals surface area contributed by atoms with Crippen LogP contribution in [0.1, 0.15) is 35.0 Å². The van der Waals surface area contributed by atoms with Gasteiger partial charge in [-0.3, -0.25) is 4.98 Å². The maximum atomic E-state index is 12.0. The first-order valence-corrected chi connectivity index (χ1v) is 8.01. The van der Waals surface area contributed by atoms with E-state index in [4.69, 9.17) is 9.15 Å². The molecule has 24 heavy (non-hydrogen) atoms. The molecular formula is C20H19NO3. The second kappa shape index (κ2) is 7.59. The minimum absolute atomic E-state index is 0.133. The molecule has 0 aliphatic heterocycles. The van der Waals surface area contributed by atoms with Gasteiger partial charge in [0, 0.05) is 11.8 Å². The Balaban J connectivity index is 1.65. The Morgan fingerprint density at radius 2 is 1.96 bits per heavy atom. The first-order chi connectivity index (χ1) is 11.8. The molecule has 4 nitrogen and oxygen atoms in total. The van der Waals surface area contributed by atoms with Crippen LogP contribution in [-0.2, 0) is 17.8 Å². The van der Waals surface area contributed by atoms with Crippen LogP contribution in [0.3, 0.4) is 0 Å². The highest BCUT2D eigenvalue weighted by Gasteiger charge is 2.09. The number of ether oxygens (including phenoxy) is 1. The predicted molar refractivity (Wildman–Crippen MR) is 91.5 cm³/mol. The first kappa shape index (κ1) is 16.0. The fourth-order valence-corrected chi connectivity index (χ4v) is 2.42. The van der Waals surface area contributed by atoms with Crippen molar-refractivity contribution in [3.63, 3.8) is 0 Å². The Morgan fingerprint density at radius 1 is 1.12 bits per heavy atom. The Kier molecular flexibility index (Phi) is 5.06. The van der Waals surface area contributed by atoms with Gasteiger partial charge < -0.3 is 9.15 Å². The smallest absolute Gasteiger partial charge is 0.338 e. The van der Waals surface area contributed by atoms with Crippen molar-refractivity contribution in [2.24, 2.45) is 0 Å². The van der Waals surface area contributed by atoms with Crippen LogP contribution in [0, 0.1) is 0 Å². The van der Waals surface area contributed by atoms with Crippen LogP contribution in [0.4, 0.5) is 0 Å². The summed E-state index contributed by atoms with van der Waals surface area (Å²) in [7, 11) is 0. The molecule has 2 heterocycles. The molecule has 0 amide bonds. The second-order valence-electron chi connectivity index (χ2n) is 5.53. The van der Waals surface area contributed by atoms with E-state index < -0.39 is 0 Å². The highest BCUT2D eigenvalue weighted by atomic mass is 16.5. The van der Waals surface area contributed by atoms with E-state index in [0.29, 0.717) is 11.3 Å². The van der Waals surface area contributed by atoms with Crippen molar-refractivity contribution in [2.75, 3.05) is 0 Å². The summed E-state index contributed by atoms with van der Waals surface area (Å²) in [6.45, 7) is 2.28. The van der Waals surface area contributed by atoms with E-state index in [9.17, 15) is 4.79 Å². The summed E-state index contributed by atoms with van der Waals surface area (Å²) in [6, 6.07) is 14.9. The molecule has 0 bridgehead atoms. The number of carbonyl (C=O) groups excluding carboxylic acids is 1. The molecule has 122 valence electrons. The lowest BCUT2D eigenvalue weighted by Crippen LogP contribution is -2.04. The van der Waals surface area contributed by atoms with E-state index in [1.54, 1.807) is 30.5 Å². The molecule has 0 unspecified atom stereocenters. The van der Waals surface area contributed by atoms with Crippen LogP contribution in [0.2, 0.25) is 0 Å². The predicted octanol–water partition coefficient (Wildman–Crippen LogP) is 4.65. The summed E-state index contributed by atoms with van der Waals surface area (Å²) < 4.78 is 10.4. The van der Waals surface area contributed by atoms with Gasteiger partial charge in [0.15, 0.2) is 0 Å². The molecule has 0 saturated carbocycles. The van der Waals surface area contributed by atoms with Crippen LogP contribution in [-0.4, -0.2) is 11.0 Å². The summed E-state index contributed by atoms with van der Waals surface area (Å²) in [6.07, 6.45) is 5.60. The number of aryl methyl sites for hydroxylation is 1. The average molecular weight is 321 g/mol. The lowest BCUT2D eigenvalue weighted by atomic mass is 10.1. The molecule has 0 spiro atoms. The van der Waals surface area contributed by atoms with Gasteiger partial charge in [-0.25, -0.2) is 4.79 Å². The van der Waals surface area contributed by atoms with E-state index in [-0.39, 0.29) is 12.6 Å². The quantitative estimate of drug-likeness (QED) is 0.620. The molecule has 0 fully saturated rings. The van der Waals surface area contributed by atoms with Crippen molar-refractivity contribution in [2.45, 2.75) is 26.4 Å². The van der Waals surface area contributed by atoms with Crippen molar-refractivity contribution >= 4 is 5.97 Å². The molecule has 1 aromatic carbocycles. The molecular weight excluding hydrogens is 302 g/mol. The summed E-state index contributed by atoms with van der Waals surface area (Å²) in [5.74, 6) is 0.251. The molecule has 0 N–H and O–H groups in total. The Hall–Kier alpha value is -2.88. The van der Waals surface area contributed by atoms with Crippen molar-refractivity contribution in [3.8, 4) is 11.3 Å². The number of esters is 1. The molecule has 0 saturated heterocycles. The maximum absolute atomic E-state index is 12.0. The number of pyridine rings is 1. The summed E-state index contributed by atoms with van der Waals surface area (Å²) in [5.41, 5.74) is 3.61. The highest BCUT2D eigenvalue weighted by molar-refractivity contribution is 5.89. The van der Waals surface area contributed by atoms with E-state index in [1.165, 1.54) is 5.56 Å². The number of benzene rings is 1. The zero-order chi connectivity index (χ0) is 16.8. The zero-order valence-electron chi connectivity index (χ0n) is 13.6. The molecule has 0 aliphatic carbocycles. The van der Waals surface area contributed by atoms with Gasteiger partial charge in [-0.1, -0.05) is 31.5 Å². The minimum Gasteiger partial charge on any atom is -0.466 e. The summed E-state index contributed by atoms with van der Waals surface area (Å²) in [5, 5.41) is 0. The number of furan rings is 1. The molecule has 0 aliphatic rings. The van der Waals surface area contributed by atoms with Crippen molar-refractivity contribution in [1.29, 1.82) is 0 Å². The number of hydrogen-bond donors (Lipinski definition) is 0. The largest absolute Gasteiger partial charge is 0.466 e. The van der Waals surface area contributed by atoms with Gasteiger partial charge in [0.2, 0.25) is 0 Å². The molecule has 3 aromatic rings. The number of nitrogens with zero attached hydrogens (tertiary/aromatic N) is 1. The van der Waals surface area contributed by atoms with Gasteiger partial charge in [-0.05, 0) is 42.3 Å². The van der Waals surface area contributed by atoms with Crippen LogP contribution >= 0.6 is 0 Å². The van der Waals surface area contributed by atoms with Gasteiger partial charge in [-0.2, -0.15) is 0 Å². The fraction of sp³-hybridized carbons (Fsp3) is 0.200. The monoisotopic (exact) mass is 321 g/mol. The van der Waals surface area contributed by atoms with Gasteiger partial charge in [-0.15, -0.1) is 0 Å². The lowest BCUT2D eigenvalue weighted by Gasteiger charge is -2.05. The number of rotatable bonds is 6. The highest BCUT2D eigenvalue weighted by Crippen LogP contribution is 2.19. The minimum atomic E-state index is -0.371. The van der Waals surface area contributed by atoms with Gasteiger partial charge in [0.25, 0.3) is 0 Å². The second-order valence-corrected chi connectivity index (χ2v) is 5.53. The van der Waals surface area contributed by atoms with Crippen molar-refractivity contribution in [1.82, 2.24) is 4.98 Å². The first-order valence-electron chi connectivity index (χ1n) is 8.01. The van der Waals surface area contributed by atoms with E-state index in [0.717, 1.165) is 24.1 Å². The van der Waals surface area contributed by atoms with E-state index in [2.05, 4.69) is 18.0 Å². The topological polar surface area (TPSA) is 52.3 Å². The molecule has 2 aromatic heterocycles. The normalized spacial score (nSPS) is 10.5. The lowest BCUT2D eigenvalue weighted by molar-refractivity contribution is 0.0445. The third kappa shape index (κ3) is 3.90. The van der Waals surface area contributed by atoms with Gasteiger partial charge in [0.1, 0.15) is 12.4 Å². The van der Waals surface area contributed by atoms with Crippen LogP contribution < -0.4 is 0 Å². The van der Waals surface area contributed by atoms with Gasteiger partial charge >= 0.3 is 5.97 Å². The third-order valence-corrected chi connectivity index (χ3v) is 3.71. The SMILES string of the molecule is CCCc1ccc(-c2ccc(C(=O)OCc3ccco3)cc2)nc1. The third-order valence-electron chi connectivity index (χ3n) is 3.71. The van der Waals surface area contributed by atoms with Crippen molar-refractivity contribution in [3.05, 3.63) is 77.9 Å². The number of carbonyl (C=O) groups is 1. The fourth-order valence-electron chi connectivity index (χ4n) is 2.42. The standard InChI is InChI=1S/C20H19NO3/c1-2-4-15-6-11-19(21-13-15)16-7-9-17(10-8-16)20(22)24-14-18-5-3-12-23-18/h3,5-13H,2,4,14H2,1H3. The van der Waals surface area contributed by atoms with Crippen LogP contribution in [0.5, 0.6) is 0 Å². The number of aromatic nitrogens is 1. The summed E-state index contributed by atoms with van der Waals surface area (Å²) >= 11 is 0. The van der Waals surface area contributed by atoms with Crippen molar-refractivity contribution < 1.29 is 13.9 Å². The zero-order valence-corrected chi connectivity index (χ0v) is 13.6. The molecule has 0 radical (unpaired) electrons. The molecule has 3 rings (SSSR count). The Labute approximate surface area is 141 Å². The van der Waals surface area contributed by atoms with E-state index >= 15 is 0 Å². The maximum Gasteiger partial charge on any atom is 0.338 e. The number of hydrogen-bond acceptors (Lipinski definition) is 4. The Morgan fingerprint density at radius 3 is 2.58 bits per heavy atom. The van der Waals surface area contributed by atoms with E-state index in [1.807, 2.05) is 24.4 Å². The molecule has 4 heteroatoms. The van der Waals surface area contributed by atoms with Crippen LogP contribution in [0.15, 0.2) is 65.4 Å². The molecule has 0 atom stereocenters. The van der Waals surface area contributed by atoms with Crippen LogP contribution in [0.25, 0.3) is 11.3 Å². The summed E-state index contributed by atoms with van der Waals surface area (Å²) in [4.78, 5) is 16.5.